The third-order valence-electron chi connectivity index (χ3n) is 5.71. The van der Waals surface area contributed by atoms with Crippen LogP contribution >= 0.6 is 0 Å². The molecule has 1 saturated carbocycles. The molecule has 1 saturated heterocycles. The first-order valence-electron chi connectivity index (χ1n) is 10.1. The van der Waals surface area contributed by atoms with Crippen LogP contribution in [0, 0.1) is 11.8 Å². The van der Waals surface area contributed by atoms with E-state index in [0.717, 1.165) is 6.42 Å². The van der Waals surface area contributed by atoms with Crippen molar-refractivity contribution in [2.45, 2.75) is 76.2 Å². The smallest absolute Gasteiger partial charge is 0.227 e. The van der Waals surface area contributed by atoms with E-state index in [-0.39, 0.29) is 18.4 Å². The largest absolute Gasteiger partial charge is 0.391 e. The van der Waals surface area contributed by atoms with Crippen molar-refractivity contribution in [3.05, 3.63) is 0 Å². The van der Waals surface area contributed by atoms with Crippen molar-refractivity contribution in [2.24, 2.45) is 17.6 Å². The molecule has 0 bridgehead atoms. The molecular weight excluding hydrogens is 354 g/mol. The molecule has 1 aliphatic carbocycles. The highest BCUT2D eigenvalue weighted by Crippen LogP contribution is 2.28. The summed E-state index contributed by atoms with van der Waals surface area (Å²) in [6, 6.07) is -0.363. The van der Waals surface area contributed by atoms with Gasteiger partial charge in [0.1, 0.15) is 0 Å². The van der Waals surface area contributed by atoms with Gasteiger partial charge in [-0.3, -0.25) is 0 Å². The van der Waals surface area contributed by atoms with Gasteiger partial charge in [0.2, 0.25) is 10.0 Å². The van der Waals surface area contributed by atoms with Crippen molar-refractivity contribution in [1.29, 1.82) is 0 Å². The Balaban J connectivity index is 1.92. The van der Waals surface area contributed by atoms with Crippen molar-refractivity contribution >= 4 is 10.0 Å². The van der Waals surface area contributed by atoms with Gasteiger partial charge in [-0.25, -0.2) is 13.4 Å². The Labute approximate surface area is 158 Å². The number of hydrogen-bond acceptors (Lipinski definition) is 6. The van der Waals surface area contributed by atoms with Crippen LogP contribution in [0.5, 0.6) is 0 Å². The Bertz CT molecular complexity index is 503. The van der Waals surface area contributed by atoms with E-state index in [0.29, 0.717) is 32.2 Å². The van der Waals surface area contributed by atoms with E-state index in [9.17, 15) is 13.5 Å². The number of sulfonamides is 1. The van der Waals surface area contributed by atoms with Crippen LogP contribution in [0.25, 0.3) is 0 Å². The first-order valence-corrected chi connectivity index (χ1v) is 11.6. The summed E-state index contributed by atoms with van der Waals surface area (Å²) < 4.78 is 30.9. The molecule has 4 N–H and O–H groups in total. The lowest BCUT2D eigenvalue weighted by Gasteiger charge is -2.32. The molecule has 0 amide bonds. The molecule has 3 atom stereocenters. The number of nitrogens with two attached hydrogens (primary N) is 1. The SMILES string of the molecule is CC(C)[C@@H](C[C@H](O)[C@@H](N)CC1CCCCC1)S(=O)(=O)NN1CCOCC1. The molecule has 0 radical (unpaired) electrons. The lowest BCUT2D eigenvalue weighted by molar-refractivity contribution is 0.0267. The van der Waals surface area contributed by atoms with Crippen LogP contribution in [0.3, 0.4) is 0 Å². The van der Waals surface area contributed by atoms with Crippen molar-refractivity contribution in [2.75, 3.05) is 26.3 Å². The van der Waals surface area contributed by atoms with Crippen molar-refractivity contribution in [3.63, 3.8) is 0 Å². The highest BCUT2D eigenvalue weighted by atomic mass is 32.2. The summed E-state index contributed by atoms with van der Waals surface area (Å²) in [6.45, 7) is 5.86. The topological polar surface area (TPSA) is 105 Å². The van der Waals surface area contributed by atoms with Crippen molar-refractivity contribution in [3.8, 4) is 0 Å². The van der Waals surface area contributed by atoms with Gasteiger partial charge in [-0.15, -0.1) is 4.83 Å². The average Bonchev–Trinajstić information content (AvgIpc) is 2.60. The molecule has 1 aliphatic heterocycles. The highest BCUT2D eigenvalue weighted by molar-refractivity contribution is 7.90. The molecule has 2 rings (SSSR count). The second-order valence-corrected chi connectivity index (χ2v) is 10.1. The first-order chi connectivity index (χ1) is 12.3. The summed E-state index contributed by atoms with van der Waals surface area (Å²) in [6.07, 6.45) is 6.25. The van der Waals surface area contributed by atoms with E-state index < -0.39 is 21.4 Å². The van der Waals surface area contributed by atoms with Gasteiger partial charge >= 0.3 is 0 Å². The number of aliphatic hydroxyl groups is 1. The van der Waals surface area contributed by atoms with Crippen molar-refractivity contribution in [1.82, 2.24) is 9.84 Å². The lowest BCUT2D eigenvalue weighted by Crippen LogP contribution is -2.53. The minimum atomic E-state index is -3.58. The number of morpholine rings is 1. The zero-order chi connectivity index (χ0) is 19.2. The summed E-state index contributed by atoms with van der Waals surface area (Å²) in [5.74, 6) is 0.457. The zero-order valence-electron chi connectivity index (χ0n) is 16.3. The number of nitrogens with zero attached hydrogens (tertiary/aromatic N) is 1. The minimum absolute atomic E-state index is 0.106. The van der Waals surface area contributed by atoms with Crippen LogP contribution in [0.1, 0.15) is 58.8 Å². The predicted octanol–water partition coefficient (Wildman–Crippen LogP) is 1.23. The third-order valence-corrected chi connectivity index (χ3v) is 7.75. The molecule has 0 spiro atoms. The Morgan fingerprint density at radius 1 is 1.19 bits per heavy atom. The fourth-order valence-corrected chi connectivity index (χ4v) is 5.88. The van der Waals surface area contributed by atoms with Crippen LogP contribution in [0.2, 0.25) is 0 Å². The Morgan fingerprint density at radius 3 is 2.38 bits per heavy atom. The number of hydrazine groups is 1. The summed E-state index contributed by atoms with van der Waals surface area (Å²) in [5.41, 5.74) is 6.23. The van der Waals surface area contributed by atoms with Gasteiger partial charge in [0.05, 0.1) is 24.6 Å². The molecule has 2 aliphatic rings. The van der Waals surface area contributed by atoms with E-state index in [2.05, 4.69) is 4.83 Å². The molecule has 8 heteroatoms. The summed E-state index contributed by atoms with van der Waals surface area (Å²) in [4.78, 5) is 2.68. The van der Waals surface area contributed by atoms with E-state index in [1.807, 2.05) is 13.8 Å². The van der Waals surface area contributed by atoms with Crippen LogP contribution < -0.4 is 10.6 Å². The number of ether oxygens (including phenoxy) is 1. The average molecular weight is 392 g/mol. The maximum atomic E-state index is 12.8. The monoisotopic (exact) mass is 391 g/mol. The molecule has 1 heterocycles. The minimum Gasteiger partial charge on any atom is -0.391 e. The molecule has 0 aromatic carbocycles. The second-order valence-electron chi connectivity index (χ2n) is 8.22. The quantitative estimate of drug-likeness (QED) is 0.546. The molecule has 154 valence electrons. The number of hydrogen-bond donors (Lipinski definition) is 3. The summed E-state index contributed by atoms with van der Waals surface area (Å²) in [7, 11) is -3.58. The summed E-state index contributed by atoms with van der Waals surface area (Å²) >= 11 is 0. The van der Waals surface area contributed by atoms with Gasteiger partial charge in [-0.05, 0) is 24.7 Å². The van der Waals surface area contributed by atoms with Gasteiger partial charge in [0, 0.05) is 19.1 Å². The third kappa shape index (κ3) is 6.73. The van der Waals surface area contributed by atoms with Crippen molar-refractivity contribution < 1.29 is 18.3 Å². The highest BCUT2D eigenvalue weighted by Gasteiger charge is 2.34. The van der Waals surface area contributed by atoms with Gasteiger partial charge in [0.25, 0.3) is 0 Å². The molecule has 2 fully saturated rings. The molecular formula is C18H37N3O4S. The number of nitrogens with one attached hydrogen (secondary N) is 1. The predicted molar refractivity (Wildman–Crippen MR) is 103 cm³/mol. The lowest BCUT2D eigenvalue weighted by atomic mass is 9.83. The van der Waals surface area contributed by atoms with E-state index in [4.69, 9.17) is 10.5 Å². The van der Waals surface area contributed by atoms with E-state index in [1.165, 1.54) is 32.1 Å². The maximum absolute atomic E-state index is 12.8. The van der Waals surface area contributed by atoms with Gasteiger partial charge < -0.3 is 15.6 Å². The standard InChI is InChI=1S/C18H37N3O4S/c1-14(2)18(26(23,24)20-21-8-10-25-11-9-21)13-17(22)16(19)12-15-6-4-3-5-7-15/h14-18,20,22H,3-13,19H2,1-2H3/t16-,17-,18+/m0/s1. The van der Waals surface area contributed by atoms with Gasteiger partial charge in [0.15, 0.2) is 0 Å². The fourth-order valence-electron chi connectivity index (χ4n) is 4.04. The van der Waals surface area contributed by atoms with E-state index in [1.54, 1.807) is 5.01 Å². The number of rotatable bonds is 9. The van der Waals surface area contributed by atoms with Crippen LogP contribution in [0.15, 0.2) is 0 Å². The molecule has 26 heavy (non-hydrogen) atoms. The first kappa shape index (κ1) is 22.0. The second kappa shape index (κ2) is 10.3. The normalized spacial score (nSPS) is 24.5. The molecule has 0 aromatic rings. The van der Waals surface area contributed by atoms with Gasteiger partial charge in [-0.1, -0.05) is 46.0 Å². The Hall–Kier alpha value is -0.250. The number of aliphatic hydroxyl groups excluding tert-OH is 1. The molecule has 0 unspecified atom stereocenters. The van der Waals surface area contributed by atoms with Crippen LogP contribution in [-0.4, -0.2) is 62.2 Å². The molecule has 0 aromatic heterocycles. The summed E-state index contributed by atoms with van der Waals surface area (Å²) in [5, 5.41) is 11.6. The fraction of sp³-hybridized carbons (Fsp3) is 1.00. The Morgan fingerprint density at radius 2 is 1.81 bits per heavy atom. The van der Waals surface area contributed by atoms with Crippen LogP contribution in [0.4, 0.5) is 0 Å². The molecule has 7 nitrogen and oxygen atoms in total. The zero-order valence-corrected chi connectivity index (χ0v) is 17.1. The van der Waals surface area contributed by atoms with Gasteiger partial charge in [-0.2, -0.15) is 0 Å². The van der Waals surface area contributed by atoms with E-state index >= 15 is 0 Å². The maximum Gasteiger partial charge on any atom is 0.227 e. The Kier molecular flexibility index (Phi) is 8.76. The van der Waals surface area contributed by atoms with Crippen LogP contribution in [-0.2, 0) is 14.8 Å².